The first-order chi connectivity index (χ1) is 12.3. The second kappa shape index (κ2) is 6.71. The summed E-state index contributed by atoms with van der Waals surface area (Å²) >= 11 is 4.79. The van der Waals surface area contributed by atoms with Crippen molar-refractivity contribution >= 4 is 40.8 Å². The van der Waals surface area contributed by atoms with Crippen LogP contribution in [0.15, 0.2) is 23.3 Å². The third kappa shape index (κ3) is 3.10. The number of hydrazone groups is 1. The molecule has 2 aliphatic rings. The molecular formula is C16H16N4O5S. The van der Waals surface area contributed by atoms with E-state index in [9.17, 15) is 19.5 Å². The van der Waals surface area contributed by atoms with Crippen molar-refractivity contribution in [2.24, 2.45) is 11.0 Å². The van der Waals surface area contributed by atoms with E-state index in [0.29, 0.717) is 5.56 Å². The van der Waals surface area contributed by atoms with Crippen molar-refractivity contribution in [3.05, 3.63) is 23.8 Å². The summed E-state index contributed by atoms with van der Waals surface area (Å²) in [6.07, 6.45) is 0.186. The minimum Gasteiger partial charge on any atom is -0.504 e. The molecule has 1 saturated heterocycles. The third-order valence-corrected chi connectivity index (χ3v) is 4.38. The Morgan fingerprint density at radius 1 is 1.35 bits per heavy atom. The lowest BCUT2D eigenvalue weighted by Gasteiger charge is -2.22. The highest BCUT2D eigenvalue weighted by Crippen LogP contribution is 2.37. The number of phenolic OH excluding ortho intramolecular Hbond substituents is 1. The largest absolute Gasteiger partial charge is 0.504 e. The van der Waals surface area contributed by atoms with Crippen molar-refractivity contribution in [2.45, 2.75) is 19.4 Å². The van der Waals surface area contributed by atoms with Crippen molar-refractivity contribution in [3.8, 4) is 11.5 Å². The molecule has 136 valence electrons. The predicted octanol–water partition coefficient (Wildman–Crippen LogP) is 0.197. The molecule has 0 aromatic heterocycles. The first kappa shape index (κ1) is 17.8. The number of carbonyl (C=O) groups is 3. The molecule has 2 heterocycles. The monoisotopic (exact) mass is 376 g/mol. The summed E-state index contributed by atoms with van der Waals surface area (Å²) in [6, 6.07) is 4.15. The Hall–Kier alpha value is -3.01. The van der Waals surface area contributed by atoms with Crippen LogP contribution >= 0.6 is 12.2 Å². The number of amides is 3. The van der Waals surface area contributed by atoms with E-state index in [-0.39, 0.29) is 34.7 Å². The number of ether oxygens (including phenoxy) is 1. The van der Waals surface area contributed by atoms with Crippen LogP contribution in [0.3, 0.4) is 0 Å². The topological polar surface area (TPSA) is 120 Å². The van der Waals surface area contributed by atoms with Gasteiger partial charge in [-0.1, -0.05) is 6.07 Å². The van der Waals surface area contributed by atoms with Crippen molar-refractivity contribution in [2.75, 3.05) is 7.11 Å². The van der Waals surface area contributed by atoms with E-state index in [1.165, 1.54) is 25.1 Å². The van der Waals surface area contributed by atoms with Gasteiger partial charge in [0, 0.05) is 13.3 Å². The van der Waals surface area contributed by atoms with Gasteiger partial charge in [0.05, 0.1) is 18.9 Å². The minimum absolute atomic E-state index is 0.0377. The van der Waals surface area contributed by atoms with Gasteiger partial charge >= 0.3 is 0 Å². The van der Waals surface area contributed by atoms with Gasteiger partial charge in [-0.05, 0) is 29.9 Å². The summed E-state index contributed by atoms with van der Waals surface area (Å²) in [5.74, 6) is -2.45. The SMILES string of the molecule is COc1cc(C2CC(C3C(=O)NC(=S)NC3=O)=NN2C(C)=O)ccc1O. The number of hydrogen-bond donors (Lipinski definition) is 3. The summed E-state index contributed by atoms with van der Waals surface area (Å²) in [7, 11) is 1.41. The maximum atomic E-state index is 12.2. The lowest BCUT2D eigenvalue weighted by Crippen LogP contribution is -2.57. The number of phenols is 1. The van der Waals surface area contributed by atoms with Crippen molar-refractivity contribution in [1.82, 2.24) is 15.6 Å². The molecule has 26 heavy (non-hydrogen) atoms. The minimum atomic E-state index is -1.16. The van der Waals surface area contributed by atoms with Crippen LogP contribution in [0.5, 0.6) is 11.5 Å². The number of hydrogen-bond acceptors (Lipinski definition) is 7. The van der Waals surface area contributed by atoms with E-state index < -0.39 is 23.8 Å². The molecule has 9 nitrogen and oxygen atoms in total. The number of aromatic hydroxyl groups is 1. The second-order valence-corrected chi connectivity index (χ2v) is 6.26. The van der Waals surface area contributed by atoms with E-state index in [1.54, 1.807) is 12.1 Å². The van der Waals surface area contributed by atoms with Crippen LogP contribution in [0.4, 0.5) is 0 Å². The zero-order valence-electron chi connectivity index (χ0n) is 14.0. The standard InChI is InChI=1S/C16H16N4O5S/c1-7(21)20-10(8-3-4-11(22)12(5-8)25-2)6-9(19-20)13-14(23)17-16(26)18-15(13)24/h3-5,10,13,22H,6H2,1-2H3,(H2,17,18,23,24,26). The molecule has 1 aromatic carbocycles. The van der Waals surface area contributed by atoms with Crippen molar-refractivity contribution in [3.63, 3.8) is 0 Å². The van der Waals surface area contributed by atoms with Crippen LogP contribution in [0, 0.1) is 5.92 Å². The Kier molecular flexibility index (Phi) is 4.60. The van der Waals surface area contributed by atoms with Gasteiger partial charge in [0.1, 0.15) is 0 Å². The average Bonchev–Trinajstić information content (AvgIpc) is 2.99. The molecule has 0 aliphatic carbocycles. The highest BCUT2D eigenvalue weighted by molar-refractivity contribution is 7.80. The molecule has 3 N–H and O–H groups in total. The molecule has 3 amide bonds. The van der Waals surface area contributed by atoms with Gasteiger partial charge in [-0.15, -0.1) is 0 Å². The number of nitrogens with one attached hydrogen (secondary N) is 2. The molecule has 1 fully saturated rings. The average molecular weight is 376 g/mol. The van der Waals surface area contributed by atoms with Gasteiger partial charge < -0.3 is 20.5 Å². The summed E-state index contributed by atoms with van der Waals surface area (Å²) in [6.45, 7) is 1.34. The molecule has 3 rings (SSSR count). The van der Waals surface area contributed by atoms with Crippen LogP contribution < -0.4 is 15.4 Å². The fourth-order valence-corrected chi connectivity index (χ4v) is 3.18. The fourth-order valence-electron chi connectivity index (χ4n) is 2.98. The molecule has 0 bridgehead atoms. The number of rotatable bonds is 3. The third-order valence-electron chi connectivity index (χ3n) is 4.18. The zero-order chi connectivity index (χ0) is 19.0. The van der Waals surface area contributed by atoms with Gasteiger partial charge in [0.15, 0.2) is 22.5 Å². The molecule has 0 radical (unpaired) electrons. The van der Waals surface area contributed by atoms with Crippen LogP contribution in [0.25, 0.3) is 0 Å². The molecule has 1 aromatic rings. The quantitative estimate of drug-likeness (QED) is 0.512. The molecule has 2 aliphatic heterocycles. The molecular weight excluding hydrogens is 360 g/mol. The highest BCUT2D eigenvalue weighted by atomic mass is 32.1. The number of nitrogens with zero attached hydrogens (tertiary/aromatic N) is 2. The highest BCUT2D eigenvalue weighted by Gasteiger charge is 2.42. The van der Waals surface area contributed by atoms with E-state index in [1.807, 2.05) is 0 Å². The van der Waals surface area contributed by atoms with Crippen LogP contribution in [0.2, 0.25) is 0 Å². The summed E-state index contributed by atoms with van der Waals surface area (Å²) in [4.78, 5) is 36.4. The van der Waals surface area contributed by atoms with E-state index in [2.05, 4.69) is 15.7 Å². The van der Waals surface area contributed by atoms with Crippen molar-refractivity contribution < 1.29 is 24.2 Å². The molecule has 1 atom stereocenters. The van der Waals surface area contributed by atoms with Crippen LogP contribution in [0.1, 0.15) is 24.9 Å². The Morgan fingerprint density at radius 3 is 2.58 bits per heavy atom. The predicted molar refractivity (Wildman–Crippen MR) is 94.3 cm³/mol. The second-order valence-electron chi connectivity index (χ2n) is 5.85. The van der Waals surface area contributed by atoms with Gasteiger partial charge in [-0.3, -0.25) is 14.4 Å². The zero-order valence-corrected chi connectivity index (χ0v) is 14.8. The Morgan fingerprint density at radius 2 is 2.00 bits per heavy atom. The molecule has 0 saturated carbocycles. The molecule has 0 spiro atoms. The Balaban J connectivity index is 1.93. The first-order valence-corrected chi connectivity index (χ1v) is 8.12. The normalized spacial score (nSPS) is 20.5. The van der Waals surface area contributed by atoms with Crippen molar-refractivity contribution in [1.29, 1.82) is 0 Å². The maximum Gasteiger partial charge on any atom is 0.244 e. The smallest absolute Gasteiger partial charge is 0.244 e. The number of benzene rings is 1. The Bertz CT molecular complexity index is 833. The number of methoxy groups -OCH3 is 1. The summed E-state index contributed by atoms with van der Waals surface area (Å²) in [5.41, 5.74) is 0.912. The summed E-state index contributed by atoms with van der Waals surface area (Å²) < 4.78 is 5.10. The van der Waals surface area contributed by atoms with E-state index >= 15 is 0 Å². The molecule has 10 heteroatoms. The lowest BCUT2D eigenvalue weighted by molar-refractivity contribution is -0.133. The van der Waals surface area contributed by atoms with E-state index in [4.69, 9.17) is 17.0 Å². The van der Waals surface area contributed by atoms with Crippen LogP contribution in [-0.4, -0.2) is 45.8 Å². The van der Waals surface area contributed by atoms with Gasteiger partial charge in [-0.2, -0.15) is 5.10 Å². The summed E-state index contributed by atoms with van der Waals surface area (Å²) in [5, 5.41) is 19.9. The molecule has 1 unspecified atom stereocenters. The Labute approximate surface area is 154 Å². The van der Waals surface area contributed by atoms with Gasteiger partial charge in [-0.25, -0.2) is 5.01 Å². The first-order valence-electron chi connectivity index (χ1n) is 7.71. The lowest BCUT2D eigenvalue weighted by atomic mass is 9.92. The van der Waals surface area contributed by atoms with E-state index in [0.717, 1.165) is 0 Å². The van der Waals surface area contributed by atoms with Gasteiger partial charge in [0.25, 0.3) is 0 Å². The number of thiocarbonyl (C=S) groups is 1. The maximum absolute atomic E-state index is 12.2. The fraction of sp³-hybridized carbons (Fsp3) is 0.312. The van der Waals surface area contributed by atoms with Gasteiger partial charge in [0.2, 0.25) is 17.7 Å². The van der Waals surface area contributed by atoms with Crippen LogP contribution in [-0.2, 0) is 14.4 Å². The number of carbonyl (C=O) groups excluding carboxylic acids is 3.